The first-order chi connectivity index (χ1) is 17.9. The van der Waals surface area contributed by atoms with E-state index < -0.39 is 39.9 Å². The van der Waals surface area contributed by atoms with Crippen molar-refractivity contribution in [2.24, 2.45) is 0 Å². The van der Waals surface area contributed by atoms with E-state index in [4.69, 9.17) is 25.8 Å². The zero-order valence-electron chi connectivity index (χ0n) is 20.5. The smallest absolute Gasteiger partial charge is 0.418 e. The molecule has 0 heterocycles. The van der Waals surface area contributed by atoms with Crippen molar-refractivity contribution in [3.63, 3.8) is 0 Å². The third-order valence-electron chi connectivity index (χ3n) is 5.23. The number of hydrogen-bond acceptors (Lipinski definition) is 6. The minimum Gasteiger partial charge on any atom is -0.494 e. The van der Waals surface area contributed by atoms with Crippen LogP contribution in [0.4, 0.5) is 24.5 Å². The molecule has 3 rings (SSSR count). The fraction of sp³-hybridized carbons (Fsp3) is 0.240. The Morgan fingerprint density at radius 2 is 1.63 bits per heavy atom. The highest BCUT2D eigenvalue weighted by molar-refractivity contribution is 7.92. The lowest BCUT2D eigenvalue weighted by atomic mass is 10.1. The van der Waals surface area contributed by atoms with Gasteiger partial charge >= 0.3 is 6.18 Å². The lowest BCUT2D eigenvalue weighted by molar-refractivity contribution is -0.137. The van der Waals surface area contributed by atoms with Crippen molar-refractivity contribution in [3.05, 3.63) is 71.2 Å². The Labute approximate surface area is 222 Å². The molecule has 3 aromatic rings. The predicted molar refractivity (Wildman–Crippen MR) is 137 cm³/mol. The lowest BCUT2D eigenvalue weighted by Gasteiger charge is -2.25. The van der Waals surface area contributed by atoms with Crippen LogP contribution in [-0.2, 0) is 21.0 Å². The highest BCUT2D eigenvalue weighted by Crippen LogP contribution is 2.37. The number of rotatable bonds is 10. The van der Waals surface area contributed by atoms with Gasteiger partial charge in [-0.2, -0.15) is 13.2 Å². The topological polar surface area (TPSA) is 94.2 Å². The number of sulfonamides is 1. The SMILES string of the molecule is CCOc1ccc(N(CC(=O)Nc2ccc(Cl)cc2C(F)(F)F)S(=O)(=O)c2ccc(OC)c(OC)c2)cc1. The van der Waals surface area contributed by atoms with Gasteiger partial charge in [0.15, 0.2) is 11.5 Å². The third-order valence-corrected chi connectivity index (χ3v) is 7.23. The molecular weight excluding hydrogens is 549 g/mol. The molecule has 0 saturated carbocycles. The maximum absolute atomic E-state index is 13.7. The molecule has 0 saturated heterocycles. The normalized spacial score (nSPS) is 11.6. The molecule has 0 radical (unpaired) electrons. The van der Waals surface area contributed by atoms with Crippen LogP contribution in [0.15, 0.2) is 65.6 Å². The molecule has 8 nitrogen and oxygen atoms in total. The van der Waals surface area contributed by atoms with Crippen molar-refractivity contribution in [2.45, 2.75) is 18.0 Å². The first kappa shape index (κ1) is 28.9. The highest BCUT2D eigenvalue weighted by Gasteiger charge is 2.35. The van der Waals surface area contributed by atoms with E-state index in [0.29, 0.717) is 18.4 Å². The number of alkyl halides is 3. The molecular formula is C25H24ClF3N2O6S. The first-order valence-electron chi connectivity index (χ1n) is 11.0. The van der Waals surface area contributed by atoms with E-state index in [1.807, 2.05) is 0 Å². The summed E-state index contributed by atoms with van der Waals surface area (Å²) in [7, 11) is -1.70. The largest absolute Gasteiger partial charge is 0.494 e. The summed E-state index contributed by atoms with van der Waals surface area (Å²) in [6, 6.07) is 12.5. The van der Waals surface area contributed by atoms with Gasteiger partial charge in [0.1, 0.15) is 12.3 Å². The van der Waals surface area contributed by atoms with Gasteiger partial charge in [0, 0.05) is 11.1 Å². The molecule has 38 heavy (non-hydrogen) atoms. The minimum atomic E-state index is -4.81. The monoisotopic (exact) mass is 572 g/mol. The average molecular weight is 573 g/mol. The number of amides is 1. The first-order valence-corrected chi connectivity index (χ1v) is 12.9. The number of methoxy groups -OCH3 is 2. The molecule has 0 aliphatic heterocycles. The molecule has 0 fully saturated rings. The number of nitrogens with zero attached hydrogens (tertiary/aromatic N) is 1. The molecule has 0 spiro atoms. The molecule has 0 aliphatic carbocycles. The number of hydrogen-bond donors (Lipinski definition) is 1. The molecule has 204 valence electrons. The zero-order chi connectivity index (χ0) is 28.1. The average Bonchev–Trinajstić information content (AvgIpc) is 2.88. The molecule has 1 amide bonds. The summed E-state index contributed by atoms with van der Waals surface area (Å²) in [4.78, 5) is 12.7. The second-order valence-corrected chi connectivity index (χ2v) is 9.99. The van der Waals surface area contributed by atoms with Gasteiger partial charge in [-0.05, 0) is 61.5 Å². The van der Waals surface area contributed by atoms with Gasteiger partial charge in [0.2, 0.25) is 5.91 Å². The van der Waals surface area contributed by atoms with Crippen molar-refractivity contribution in [1.82, 2.24) is 0 Å². The van der Waals surface area contributed by atoms with Crippen LogP contribution in [0.25, 0.3) is 0 Å². The van der Waals surface area contributed by atoms with E-state index in [1.54, 1.807) is 6.92 Å². The van der Waals surface area contributed by atoms with Gasteiger partial charge in [-0.15, -0.1) is 0 Å². The summed E-state index contributed by atoms with van der Waals surface area (Å²) >= 11 is 5.70. The van der Waals surface area contributed by atoms with Gasteiger partial charge in [-0.3, -0.25) is 9.10 Å². The third kappa shape index (κ3) is 6.62. The molecule has 3 aromatic carbocycles. The molecule has 0 aliphatic rings. The van der Waals surface area contributed by atoms with Gasteiger partial charge in [-0.25, -0.2) is 8.42 Å². The van der Waals surface area contributed by atoms with E-state index in [9.17, 15) is 26.4 Å². The van der Waals surface area contributed by atoms with Gasteiger partial charge in [0.25, 0.3) is 10.0 Å². The summed E-state index contributed by atoms with van der Waals surface area (Å²) in [5.41, 5.74) is -1.67. The van der Waals surface area contributed by atoms with Crippen molar-refractivity contribution >= 4 is 38.9 Å². The van der Waals surface area contributed by atoms with Crippen LogP contribution in [0.5, 0.6) is 17.2 Å². The molecule has 0 bridgehead atoms. The van der Waals surface area contributed by atoms with Crippen LogP contribution < -0.4 is 23.8 Å². The Bertz CT molecular complexity index is 1400. The number of benzene rings is 3. The second kappa shape index (κ2) is 11.8. The van der Waals surface area contributed by atoms with Crippen LogP contribution in [0, 0.1) is 0 Å². The van der Waals surface area contributed by atoms with Crippen LogP contribution in [0.3, 0.4) is 0 Å². The number of anilines is 2. The molecule has 0 aromatic heterocycles. The summed E-state index contributed by atoms with van der Waals surface area (Å²) in [6.45, 7) is 1.31. The lowest BCUT2D eigenvalue weighted by Crippen LogP contribution is -2.38. The summed E-state index contributed by atoms with van der Waals surface area (Å²) in [5.74, 6) is -0.157. The van der Waals surface area contributed by atoms with Gasteiger partial charge in [-0.1, -0.05) is 11.6 Å². The van der Waals surface area contributed by atoms with E-state index in [-0.39, 0.29) is 27.1 Å². The van der Waals surface area contributed by atoms with Crippen molar-refractivity contribution in [2.75, 3.05) is 37.0 Å². The Hall–Kier alpha value is -3.64. The Morgan fingerprint density at radius 1 is 0.974 bits per heavy atom. The van der Waals surface area contributed by atoms with Gasteiger partial charge in [0.05, 0.1) is 42.7 Å². The molecule has 13 heteroatoms. The standard InChI is InChI=1S/C25H24ClF3N2O6S/c1-4-37-18-8-6-17(7-9-18)31(38(33,34)19-10-12-22(35-2)23(14-19)36-3)15-24(32)30-21-11-5-16(26)13-20(21)25(27,28)29/h5-14H,4,15H2,1-3H3,(H,30,32). The predicted octanol–water partition coefficient (Wildman–Crippen LogP) is 5.61. The number of carbonyl (C=O) groups is 1. The number of nitrogens with one attached hydrogen (secondary N) is 1. The maximum atomic E-state index is 13.7. The fourth-order valence-corrected chi connectivity index (χ4v) is 5.08. The Balaban J connectivity index is 2.02. The zero-order valence-corrected chi connectivity index (χ0v) is 22.1. The summed E-state index contributed by atoms with van der Waals surface area (Å²) < 4.78 is 84.4. The molecule has 0 atom stereocenters. The molecule has 1 N–H and O–H groups in total. The van der Waals surface area contributed by atoms with Gasteiger partial charge < -0.3 is 19.5 Å². The summed E-state index contributed by atoms with van der Waals surface area (Å²) in [6.07, 6.45) is -4.81. The van der Waals surface area contributed by atoms with E-state index in [2.05, 4.69) is 5.32 Å². The maximum Gasteiger partial charge on any atom is 0.418 e. The minimum absolute atomic E-state index is 0.0746. The number of halogens is 4. The highest BCUT2D eigenvalue weighted by atomic mass is 35.5. The Kier molecular flexibility index (Phi) is 9.00. The van der Waals surface area contributed by atoms with E-state index in [0.717, 1.165) is 10.4 Å². The Morgan fingerprint density at radius 3 is 2.21 bits per heavy atom. The second-order valence-electron chi connectivity index (χ2n) is 7.69. The number of carbonyl (C=O) groups excluding carboxylic acids is 1. The quantitative estimate of drug-likeness (QED) is 0.339. The van der Waals surface area contributed by atoms with Crippen LogP contribution in [-0.4, -0.2) is 41.7 Å². The van der Waals surface area contributed by atoms with Crippen molar-refractivity contribution < 1.29 is 40.6 Å². The van der Waals surface area contributed by atoms with Crippen LogP contribution >= 0.6 is 11.6 Å². The van der Waals surface area contributed by atoms with Crippen LogP contribution in [0.1, 0.15) is 12.5 Å². The van der Waals surface area contributed by atoms with E-state index in [1.165, 1.54) is 62.8 Å². The van der Waals surface area contributed by atoms with Crippen molar-refractivity contribution in [1.29, 1.82) is 0 Å². The fourth-order valence-electron chi connectivity index (χ4n) is 3.47. The summed E-state index contributed by atoms with van der Waals surface area (Å²) in [5, 5.41) is 1.97. The molecule has 0 unspecified atom stereocenters. The number of ether oxygens (including phenoxy) is 3. The van der Waals surface area contributed by atoms with Crippen molar-refractivity contribution in [3.8, 4) is 17.2 Å². The van der Waals surface area contributed by atoms with E-state index >= 15 is 0 Å². The van der Waals surface area contributed by atoms with Crippen LogP contribution in [0.2, 0.25) is 5.02 Å².